The number of fused-ring (bicyclic) bond motifs is 1. The lowest BCUT2D eigenvalue weighted by Gasteiger charge is -2.24. The van der Waals surface area contributed by atoms with Crippen LogP contribution in [0.4, 0.5) is 0 Å². The van der Waals surface area contributed by atoms with E-state index in [0.29, 0.717) is 0 Å². The maximum absolute atomic E-state index is 9.10. The van der Waals surface area contributed by atoms with Crippen LogP contribution in [0.3, 0.4) is 0 Å². The Morgan fingerprint density at radius 2 is 1.76 bits per heavy atom. The van der Waals surface area contributed by atoms with Crippen molar-refractivity contribution in [3.63, 3.8) is 0 Å². The molecule has 1 aromatic rings. The van der Waals surface area contributed by atoms with Crippen LogP contribution in [0.15, 0.2) is 24.3 Å². The van der Waals surface area contributed by atoms with Gasteiger partial charge in [-0.05, 0) is 17.5 Å². The molecule has 0 spiro atoms. The highest BCUT2D eigenvalue weighted by Crippen LogP contribution is 2.27. The van der Waals surface area contributed by atoms with Gasteiger partial charge in [-0.15, -0.1) is 0 Å². The van der Waals surface area contributed by atoms with Gasteiger partial charge in [0.2, 0.25) is 0 Å². The zero-order valence-corrected chi connectivity index (χ0v) is 11.9. The predicted molar refractivity (Wildman–Crippen MR) is 74.0 cm³/mol. The molecule has 3 N–H and O–H groups in total. The number of benzene rings is 1. The normalized spacial score (nSPS) is 20.5. The predicted octanol–water partition coefficient (Wildman–Crippen LogP) is 0.648. The Hall–Kier alpha value is -1.96. The fourth-order valence-electron chi connectivity index (χ4n) is 2.12. The van der Waals surface area contributed by atoms with Gasteiger partial charge in [-0.1, -0.05) is 24.3 Å². The lowest BCUT2D eigenvalue weighted by molar-refractivity contribution is -0.159. The lowest BCUT2D eigenvalue weighted by Crippen LogP contribution is -2.36. The summed E-state index contributed by atoms with van der Waals surface area (Å²) in [5.41, 5.74) is 2.58. The highest BCUT2D eigenvalue weighted by molar-refractivity contribution is 6.27. The third kappa shape index (κ3) is 4.82. The first-order chi connectivity index (χ1) is 10.0. The molecular weight excluding hydrogens is 278 g/mol. The Bertz CT molecular complexity index is 478. The van der Waals surface area contributed by atoms with E-state index >= 15 is 0 Å². The molecular formula is C14H19NO6. The molecule has 1 aliphatic heterocycles. The second-order valence-electron chi connectivity index (χ2n) is 4.33. The number of aliphatic carboxylic acids is 2. The maximum atomic E-state index is 9.10. The van der Waals surface area contributed by atoms with Gasteiger partial charge in [0.15, 0.2) is 0 Å². The molecule has 1 aromatic carbocycles. The summed E-state index contributed by atoms with van der Waals surface area (Å²) >= 11 is 0. The van der Waals surface area contributed by atoms with Crippen molar-refractivity contribution >= 4 is 11.9 Å². The standard InChI is InChI=1S/C12H17NO2.C2H2O4/c1-14-11-10-6-4-3-5-9(10)7-8-13-12(11)15-2;3-1(4)2(5)6/h3-6,11-13H,7-8H2,1-2H3;(H,3,4)(H,5,6). The van der Waals surface area contributed by atoms with E-state index in [2.05, 4.69) is 23.5 Å². The van der Waals surface area contributed by atoms with Crippen molar-refractivity contribution in [2.24, 2.45) is 0 Å². The van der Waals surface area contributed by atoms with Gasteiger partial charge in [0, 0.05) is 20.8 Å². The molecule has 0 saturated carbocycles. The maximum Gasteiger partial charge on any atom is 0.414 e. The summed E-state index contributed by atoms with van der Waals surface area (Å²) < 4.78 is 10.9. The fourth-order valence-corrected chi connectivity index (χ4v) is 2.12. The quantitative estimate of drug-likeness (QED) is 0.688. The van der Waals surface area contributed by atoms with Crippen LogP contribution in [0.25, 0.3) is 0 Å². The molecule has 0 amide bonds. The second-order valence-corrected chi connectivity index (χ2v) is 4.33. The number of carboxylic acids is 2. The van der Waals surface area contributed by atoms with Gasteiger partial charge in [-0.3, -0.25) is 5.32 Å². The summed E-state index contributed by atoms with van der Waals surface area (Å²) in [7, 11) is 3.43. The minimum Gasteiger partial charge on any atom is -0.473 e. The van der Waals surface area contributed by atoms with Gasteiger partial charge < -0.3 is 19.7 Å². The van der Waals surface area contributed by atoms with Gasteiger partial charge in [-0.25, -0.2) is 9.59 Å². The number of carboxylic acid groups (broad SMARTS) is 2. The third-order valence-corrected chi connectivity index (χ3v) is 3.07. The zero-order chi connectivity index (χ0) is 15.8. The van der Waals surface area contributed by atoms with Crippen LogP contribution in [0.1, 0.15) is 17.2 Å². The molecule has 116 valence electrons. The summed E-state index contributed by atoms with van der Waals surface area (Å²) in [6, 6.07) is 8.38. The highest BCUT2D eigenvalue weighted by Gasteiger charge is 2.26. The van der Waals surface area contributed by atoms with E-state index < -0.39 is 11.9 Å². The van der Waals surface area contributed by atoms with Gasteiger partial charge in [0.05, 0.1) is 0 Å². The molecule has 0 bridgehead atoms. The van der Waals surface area contributed by atoms with E-state index in [9.17, 15) is 0 Å². The molecule has 1 heterocycles. The Balaban J connectivity index is 0.000000315. The molecule has 2 unspecified atom stereocenters. The number of ether oxygens (including phenoxy) is 2. The molecule has 0 aliphatic carbocycles. The third-order valence-electron chi connectivity index (χ3n) is 3.07. The fraction of sp³-hybridized carbons (Fsp3) is 0.429. The van der Waals surface area contributed by atoms with Crippen molar-refractivity contribution in [3.8, 4) is 0 Å². The summed E-state index contributed by atoms with van der Waals surface area (Å²) in [4.78, 5) is 18.2. The first-order valence-electron chi connectivity index (χ1n) is 6.34. The first kappa shape index (κ1) is 17.1. The van der Waals surface area contributed by atoms with Crippen LogP contribution in [-0.4, -0.2) is 49.1 Å². The lowest BCUT2D eigenvalue weighted by atomic mass is 10.0. The molecule has 1 aliphatic rings. The van der Waals surface area contributed by atoms with Crippen LogP contribution in [-0.2, 0) is 25.5 Å². The van der Waals surface area contributed by atoms with Gasteiger partial charge in [0.25, 0.3) is 0 Å². The van der Waals surface area contributed by atoms with Gasteiger partial charge in [0.1, 0.15) is 12.3 Å². The van der Waals surface area contributed by atoms with Crippen molar-refractivity contribution in [2.75, 3.05) is 20.8 Å². The molecule has 7 nitrogen and oxygen atoms in total. The van der Waals surface area contributed by atoms with Crippen molar-refractivity contribution in [1.82, 2.24) is 5.32 Å². The Kier molecular flexibility index (Phi) is 6.80. The summed E-state index contributed by atoms with van der Waals surface area (Å²) in [5, 5.41) is 18.1. The van der Waals surface area contributed by atoms with Crippen LogP contribution in [0, 0.1) is 0 Å². The van der Waals surface area contributed by atoms with Crippen molar-refractivity contribution in [1.29, 1.82) is 0 Å². The highest BCUT2D eigenvalue weighted by atomic mass is 16.5. The first-order valence-corrected chi connectivity index (χ1v) is 6.34. The largest absolute Gasteiger partial charge is 0.473 e. The van der Waals surface area contributed by atoms with Crippen LogP contribution in [0.2, 0.25) is 0 Å². The topological polar surface area (TPSA) is 105 Å². The van der Waals surface area contributed by atoms with Crippen LogP contribution in [0.5, 0.6) is 0 Å². The molecule has 21 heavy (non-hydrogen) atoms. The number of hydrogen-bond donors (Lipinski definition) is 3. The number of methoxy groups -OCH3 is 2. The molecule has 0 aromatic heterocycles. The van der Waals surface area contributed by atoms with E-state index in [4.69, 9.17) is 29.3 Å². The summed E-state index contributed by atoms with van der Waals surface area (Å²) in [5.74, 6) is -3.65. The smallest absolute Gasteiger partial charge is 0.414 e. The van der Waals surface area contributed by atoms with E-state index in [-0.39, 0.29) is 12.3 Å². The number of carbonyl (C=O) groups is 2. The van der Waals surface area contributed by atoms with Crippen molar-refractivity contribution in [2.45, 2.75) is 18.8 Å². The zero-order valence-electron chi connectivity index (χ0n) is 11.9. The average Bonchev–Trinajstić information content (AvgIpc) is 2.66. The molecule has 7 heteroatoms. The Morgan fingerprint density at radius 1 is 1.14 bits per heavy atom. The SMILES string of the molecule is COC1NCCc2ccccc2C1OC.O=C(O)C(=O)O. The minimum atomic E-state index is -1.82. The molecule has 2 rings (SSSR count). The van der Waals surface area contributed by atoms with E-state index in [1.165, 1.54) is 11.1 Å². The molecule has 2 atom stereocenters. The Labute approximate surface area is 122 Å². The molecule has 0 saturated heterocycles. The van der Waals surface area contributed by atoms with E-state index in [1.807, 2.05) is 6.07 Å². The van der Waals surface area contributed by atoms with Crippen molar-refractivity contribution in [3.05, 3.63) is 35.4 Å². The van der Waals surface area contributed by atoms with Crippen LogP contribution < -0.4 is 5.32 Å². The van der Waals surface area contributed by atoms with Crippen LogP contribution >= 0.6 is 0 Å². The van der Waals surface area contributed by atoms with Gasteiger partial charge >= 0.3 is 11.9 Å². The summed E-state index contributed by atoms with van der Waals surface area (Å²) in [6.45, 7) is 0.926. The van der Waals surface area contributed by atoms with Crippen molar-refractivity contribution < 1.29 is 29.3 Å². The number of nitrogens with one attached hydrogen (secondary N) is 1. The molecule has 0 fully saturated rings. The molecule has 0 radical (unpaired) electrons. The van der Waals surface area contributed by atoms with E-state index in [1.54, 1.807) is 14.2 Å². The Morgan fingerprint density at radius 3 is 2.29 bits per heavy atom. The average molecular weight is 297 g/mol. The monoisotopic (exact) mass is 297 g/mol. The second kappa shape index (κ2) is 8.35. The number of rotatable bonds is 2. The van der Waals surface area contributed by atoms with E-state index in [0.717, 1.165) is 13.0 Å². The minimum absolute atomic E-state index is 0.0197. The summed E-state index contributed by atoms with van der Waals surface area (Å²) in [6.07, 6.45) is 0.947. The number of hydrogen-bond acceptors (Lipinski definition) is 5. The van der Waals surface area contributed by atoms with Gasteiger partial charge in [-0.2, -0.15) is 0 Å².